The van der Waals surface area contributed by atoms with Crippen LogP contribution in [-0.4, -0.2) is 48.6 Å². The number of nitrogens with zero attached hydrogens (tertiary/aromatic N) is 6. The van der Waals surface area contributed by atoms with Gasteiger partial charge in [0.15, 0.2) is 5.82 Å². The highest BCUT2D eigenvalue weighted by atomic mass is 15.1. The summed E-state index contributed by atoms with van der Waals surface area (Å²) in [6.45, 7) is 2.73. The molecular formula is C26H25N9. The molecule has 6 rings (SSSR count). The third kappa shape index (κ3) is 4.80. The minimum Gasteiger partial charge on any atom is -0.365 e. The third-order valence-corrected chi connectivity index (χ3v) is 6.07. The van der Waals surface area contributed by atoms with Gasteiger partial charge in [-0.3, -0.25) is 4.98 Å². The molecule has 174 valence electrons. The summed E-state index contributed by atoms with van der Waals surface area (Å²) < 4.78 is 2.04. The largest absolute Gasteiger partial charge is 0.365 e. The summed E-state index contributed by atoms with van der Waals surface area (Å²) in [5, 5.41) is 11.3. The minimum absolute atomic E-state index is 0.348. The Hall–Kier alpha value is -4.37. The fourth-order valence-corrected chi connectivity index (χ4v) is 4.26. The predicted octanol–water partition coefficient (Wildman–Crippen LogP) is 3.85. The Morgan fingerprint density at radius 2 is 1.94 bits per heavy atom. The Bertz CT molecular complexity index is 1430. The topological polar surface area (TPSA) is 105 Å². The van der Waals surface area contributed by atoms with Crippen molar-refractivity contribution in [2.24, 2.45) is 0 Å². The lowest BCUT2D eigenvalue weighted by Crippen LogP contribution is -2.23. The monoisotopic (exact) mass is 463 g/mol. The van der Waals surface area contributed by atoms with E-state index < -0.39 is 0 Å². The molecule has 0 aliphatic carbocycles. The first kappa shape index (κ1) is 21.2. The van der Waals surface area contributed by atoms with Crippen LogP contribution in [-0.2, 0) is 6.54 Å². The molecule has 0 amide bonds. The van der Waals surface area contributed by atoms with Crippen LogP contribution >= 0.6 is 0 Å². The molecule has 0 spiro atoms. The quantitative estimate of drug-likeness (QED) is 0.334. The van der Waals surface area contributed by atoms with Gasteiger partial charge in [0.1, 0.15) is 11.6 Å². The molecule has 0 saturated carbocycles. The highest BCUT2D eigenvalue weighted by Gasteiger charge is 2.17. The van der Waals surface area contributed by atoms with Crippen LogP contribution < -0.4 is 16.0 Å². The maximum Gasteiger partial charge on any atom is 0.162 e. The first-order valence-corrected chi connectivity index (χ1v) is 11.7. The Morgan fingerprint density at radius 3 is 2.77 bits per heavy atom. The van der Waals surface area contributed by atoms with E-state index in [1.54, 1.807) is 24.8 Å². The second kappa shape index (κ2) is 9.47. The van der Waals surface area contributed by atoms with E-state index >= 15 is 0 Å². The number of anilines is 3. The Labute approximate surface area is 202 Å². The highest BCUT2D eigenvalue weighted by Crippen LogP contribution is 2.27. The van der Waals surface area contributed by atoms with Crippen molar-refractivity contribution in [3.05, 3.63) is 85.3 Å². The van der Waals surface area contributed by atoms with E-state index in [1.807, 2.05) is 35.3 Å². The molecule has 9 heteroatoms. The zero-order valence-corrected chi connectivity index (χ0v) is 19.1. The minimum atomic E-state index is 0.348. The Kier molecular flexibility index (Phi) is 5.73. The predicted molar refractivity (Wildman–Crippen MR) is 137 cm³/mol. The number of rotatable bonds is 7. The van der Waals surface area contributed by atoms with Gasteiger partial charge in [0, 0.05) is 60.6 Å². The van der Waals surface area contributed by atoms with Gasteiger partial charge in [0.25, 0.3) is 0 Å². The van der Waals surface area contributed by atoms with Gasteiger partial charge in [-0.25, -0.2) is 19.9 Å². The Balaban J connectivity index is 1.25. The van der Waals surface area contributed by atoms with Crippen molar-refractivity contribution >= 4 is 28.2 Å². The molecule has 1 fully saturated rings. The van der Waals surface area contributed by atoms with Crippen molar-refractivity contribution in [3.8, 4) is 11.4 Å². The standard InChI is InChI=1S/C26H25N9/c1-3-20(4-2-18(1)16-35-12-11-29-17-35)31-24-13-19(5-10-30-24)25-33-23-15-28-9-7-22(23)26(34-25)32-21-6-8-27-14-21/h1-5,7,9-13,15,17,21,27H,6,8,14,16H2,(H,30,31)(H,32,33,34). The van der Waals surface area contributed by atoms with Crippen LogP contribution in [0.4, 0.5) is 17.3 Å². The van der Waals surface area contributed by atoms with E-state index in [9.17, 15) is 0 Å². The van der Waals surface area contributed by atoms with E-state index in [4.69, 9.17) is 9.97 Å². The van der Waals surface area contributed by atoms with Crippen LogP contribution in [0.3, 0.4) is 0 Å². The van der Waals surface area contributed by atoms with Crippen molar-refractivity contribution in [2.75, 3.05) is 23.7 Å². The van der Waals surface area contributed by atoms with Crippen molar-refractivity contribution in [1.29, 1.82) is 0 Å². The van der Waals surface area contributed by atoms with Gasteiger partial charge in [-0.05, 0) is 48.9 Å². The van der Waals surface area contributed by atoms with Gasteiger partial charge in [0.05, 0.1) is 18.0 Å². The average molecular weight is 464 g/mol. The molecule has 0 radical (unpaired) electrons. The van der Waals surface area contributed by atoms with Crippen LogP contribution in [0.2, 0.25) is 0 Å². The molecule has 1 atom stereocenters. The molecule has 0 bridgehead atoms. The zero-order chi connectivity index (χ0) is 23.5. The number of hydrogen-bond donors (Lipinski definition) is 3. The van der Waals surface area contributed by atoms with Crippen molar-refractivity contribution in [1.82, 2.24) is 34.8 Å². The number of pyridine rings is 2. The van der Waals surface area contributed by atoms with Crippen LogP contribution in [0.5, 0.6) is 0 Å². The number of hydrogen-bond acceptors (Lipinski definition) is 8. The summed E-state index contributed by atoms with van der Waals surface area (Å²) in [7, 11) is 0. The fourth-order valence-electron chi connectivity index (χ4n) is 4.26. The zero-order valence-electron chi connectivity index (χ0n) is 19.1. The summed E-state index contributed by atoms with van der Waals surface area (Å²) in [4.78, 5) is 22.5. The van der Waals surface area contributed by atoms with Crippen molar-refractivity contribution in [2.45, 2.75) is 19.0 Å². The average Bonchev–Trinajstić information content (AvgIpc) is 3.60. The molecule has 5 heterocycles. The summed E-state index contributed by atoms with van der Waals surface area (Å²) >= 11 is 0. The van der Waals surface area contributed by atoms with E-state index in [2.05, 4.69) is 55.2 Å². The molecule has 1 unspecified atom stereocenters. The Morgan fingerprint density at radius 1 is 1.00 bits per heavy atom. The lowest BCUT2D eigenvalue weighted by molar-refractivity contribution is 0.789. The fraction of sp³-hybridized carbons (Fsp3) is 0.192. The first-order valence-electron chi connectivity index (χ1n) is 11.7. The number of fused-ring (bicyclic) bond motifs is 1. The molecule has 5 aromatic rings. The summed E-state index contributed by atoms with van der Waals surface area (Å²) in [5.74, 6) is 2.20. The second-order valence-corrected chi connectivity index (χ2v) is 8.61. The van der Waals surface area contributed by atoms with Gasteiger partial charge in [-0.2, -0.15) is 0 Å². The number of imidazole rings is 1. The van der Waals surface area contributed by atoms with Crippen molar-refractivity contribution in [3.63, 3.8) is 0 Å². The summed E-state index contributed by atoms with van der Waals surface area (Å²) in [5.41, 5.74) is 3.86. The van der Waals surface area contributed by atoms with E-state index in [-0.39, 0.29) is 0 Å². The van der Waals surface area contributed by atoms with Gasteiger partial charge in [-0.15, -0.1) is 0 Å². The molecule has 1 aromatic carbocycles. The van der Waals surface area contributed by atoms with Gasteiger partial charge >= 0.3 is 0 Å². The molecule has 1 aliphatic rings. The lowest BCUT2D eigenvalue weighted by atomic mass is 10.2. The maximum absolute atomic E-state index is 4.89. The van der Waals surface area contributed by atoms with Crippen LogP contribution in [0.25, 0.3) is 22.3 Å². The maximum atomic E-state index is 4.89. The van der Waals surface area contributed by atoms with E-state index in [0.29, 0.717) is 11.9 Å². The molecule has 3 N–H and O–H groups in total. The lowest BCUT2D eigenvalue weighted by Gasteiger charge is -2.15. The van der Waals surface area contributed by atoms with Crippen molar-refractivity contribution < 1.29 is 0 Å². The van der Waals surface area contributed by atoms with E-state index in [1.165, 1.54) is 5.56 Å². The van der Waals surface area contributed by atoms with Crippen LogP contribution in [0, 0.1) is 0 Å². The molecule has 1 saturated heterocycles. The second-order valence-electron chi connectivity index (χ2n) is 8.61. The normalized spacial score (nSPS) is 15.4. The number of benzene rings is 1. The summed E-state index contributed by atoms with van der Waals surface area (Å²) in [6, 6.07) is 14.5. The molecule has 4 aromatic heterocycles. The third-order valence-electron chi connectivity index (χ3n) is 6.07. The van der Waals surface area contributed by atoms with Crippen LogP contribution in [0.15, 0.2) is 79.8 Å². The van der Waals surface area contributed by atoms with Gasteiger partial charge in [0.2, 0.25) is 0 Å². The SMILES string of the molecule is c1cc2c(NC3CCNC3)nc(-c3ccnc(Nc4ccc(Cn5ccnc5)cc4)c3)nc2cn1. The van der Waals surface area contributed by atoms with Crippen LogP contribution in [0.1, 0.15) is 12.0 Å². The molecule has 35 heavy (non-hydrogen) atoms. The molecule has 1 aliphatic heterocycles. The number of nitrogens with one attached hydrogen (secondary N) is 3. The molecular weight excluding hydrogens is 438 g/mol. The summed E-state index contributed by atoms with van der Waals surface area (Å²) in [6.07, 6.45) is 12.0. The van der Waals surface area contributed by atoms with E-state index in [0.717, 1.165) is 59.8 Å². The number of aromatic nitrogens is 6. The van der Waals surface area contributed by atoms with Gasteiger partial charge in [-0.1, -0.05) is 12.1 Å². The first-order chi connectivity index (χ1) is 17.3. The van der Waals surface area contributed by atoms with Gasteiger partial charge < -0.3 is 20.5 Å². The molecule has 9 nitrogen and oxygen atoms in total. The smallest absolute Gasteiger partial charge is 0.162 e. The highest BCUT2D eigenvalue weighted by molar-refractivity contribution is 5.90.